The van der Waals surface area contributed by atoms with E-state index in [1.807, 2.05) is 19.2 Å². The van der Waals surface area contributed by atoms with Crippen LogP contribution < -0.4 is 10.6 Å². The minimum absolute atomic E-state index is 0.0351. The van der Waals surface area contributed by atoms with Gasteiger partial charge in [0.1, 0.15) is 0 Å². The molecule has 1 aromatic rings. The highest BCUT2D eigenvalue weighted by Gasteiger charge is 2.31. The molecule has 114 valence electrons. The first-order chi connectivity index (χ1) is 10.3. The monoisotopic (exact) mass is 287 g/mol. The summed E-state index contributed by atoms with van der Waals surface area (Å²) < 4.78 is 0. The summed E-state index contributed by atoms with van der Waals surface area (Å²) in [6.07, 6.45) is 4.30. The van der Waals surface area contributed by atoms with Crippen LogP contribution in [0.5, 0.6) is 0 Å². The zero-order chi connectivity index (χ0) is 14.7. The Hall–Kier alpha value is -1.39. The average Bonchev–Trinajstić information content (AvgIpc) is 2.67. The van der Waals surface area contributed by atoms with Gasteiger partial charge in [0.25, 0.3) is 0 Å². The third-order valence-electron chi connectivity index (χ3n) is 4.85. The Kier molecular flexibility index (Phi) is 4.56. The van der Waals surface area contributed by atoms with Crippen molar-refractivity contribution >= 4 is 11.6 Å². The third kappa shape index (κ3) is 3.27. The number of likely N-dealkylation sites (tertiary alicyclic amines) is 1. The quantitative estimate of drug-likeness (QED) is 0.892. The molecule has 1 amide bonds. The molecule has 1 unspecified atom stereocenters. The Morgan fingerprint density at radius 3 is 2.76 bits per heavy atom. The van der Waals surface area contributed by atoms with Gasteiger partial charge in [0, 0.05) is 5.69 Å². The topological polar surface area (TPSA) is 44.4 Å². The molecule has 0 radical (unpaired) electrons. The van der Waals surface area contributed by atoms with Crippen LogP contribution in [0.4, 0.5) is 5.69 Å². The number of hydrogen-bond acceptors (Lipinski definition) is 3. The van der Waals surface area contributed by atoms with Crippen LogP contribution >= 0.6 is 0 Å². The summed E-state index contributed by atoms with van der Waals surface area (Å²) in [5, 5.41) is 6.38. The van der Waals surface area contributed by atoms with Crippen molar-refractivity contribution in [3.63, 3.8) is 0 Å². The van der Waals surface area contributed by atoms with Crippen LogP contribution in [0.1, 0.15) is 24.8 Å². The summed E-state index contributed by atoms with van der Waals surface area (Å²) in [4.78, 5) is 14.9. The summed E-state index contributed by atoms with van der Waals surface area (Å²) in [6.45, 7) is 3.18. The first-order valence-corrected chi connectivity index (χ1v) is 8.05. The van der Waals surface area contributed by atoms with E-state index in [-0.39, 0.29) is 11.9 Å². The van der Waals surface area contributed by atoms with Gasteiger partial charge in [-0.2, -0.15) is 0 Å². The number of hydrogen-bond donors (Lipinski definition) is 2. The highest BCUT2D eigenvalue weighted by atomic mass is 16.2. The lowest BCUT2D eigenvalue weighted by Crippen LogP contribution is -2.48. The standard InChI is InChI=1S/C17H25N3O/c1-18-12-13-8-10-20(11-9-13)16-7-6-14-4-2-3-5-15(14)19-17(16)21/h2-5,13,16,18H,6-12H2,1H3,(H,19,21). The minimum atomic E-state index is 0.0351. The van der Waals surface area contributed by atoms with Gasteiger partial charge in [-0.15, -0.1) is 0 Å². The molecule has 2 aliphatic heterocycles. The molecule has 1 saturated heterocycles. The minimum Gasteiger partial charge on any atom is -0.324 e. The van der Waals surface area contributed by atoms with E-state index in [0.717, 1.165) is 44.1 Å². The normalized spacial score (nSPS) is 24.2. The SMILES string of the molecule is CNCC1CCN(C2CCc3ccccc3NC2=O)CC1. The van der Waals surface area contributed by atoms with Gasteiger partial charge in [0.2, 0.25) is 5.91 Å². The molecule has 3 rings (SSSR count). The molecule has 0 aliphatic carbocycles. The van der Waals surface area contributed by atoms with Crippen molar-refractivity contribution in [3.05, 3.63) is 29.8 Å². The fourth-order valence-corrected chi connectivity index (χ4v) is 3.61. The molecule has 2 heterocycles. The molecule has 0 bridgehead atoms. The summed E-state index contributed by atoms with van der Waals surface area (Å²) >= 11 is 0. The Bertz CT molecular complexity index is 495. The van der Waals surface area contributed by atoms with Crippen LogP contribution in [-0.4, -0.2) is 43.5 Å². The number of piperidine rings is 1. The van der Waals surface area contributed by atoms with E-state index in [1.165, 1.54) is 18.4 Å². The molecule has 0 spiro atoms. The molecule has 0 aromatic heterocycles. The van der Waals surface area contributed by atoms with Gasteiger partial charge in [0.05, 0.1) is 6.04 Å². The highest BCUT2D eigenvalue weighted by molar-refractivity contribution is 5.96. The lowest BCUT2D eigenvalue weighted by Gasteiger charge is -2.36. The number of amides is 1. The van der Waals surface area contributed by atoms with Crippen LogP contribution in [0.25, 0.3) is 0 Å². The Morgan fingerprint density at radius 2 is 2.00 bits per heavy atom. The predicted molar refractivity (Wildman–Crippen MR) is 85.4 cm³/mol. The second-order valence-electron chi connectivity index (χ2n) is 6.24. The third-order valence-corrected chi connectivity index (χ3v) is 4.85. The van der Waals surface area contributed by atoms with E-state index in [1.54, 1.807) is 0 Å². The molecule has 4 nitrogen and oxygen atoms in total. The number of anilines is 1. The Balaban J connectivity index is 1.64. The van der Waals surface area contributed by atoms with E-state index in [4.69, 9.17) is 0 Å². The van der Waals surface area contributed by atoms with Crippen LogP contribution in [0, 0.1) is 5.92 Å². The molecule has 21 heavy (non-hydrogen) atoms. The second kappa shape index (κ2) is 6.58. The number of nitrogens with one attached hydrogen (secondary N) is 2. The maximum Gasteiger partial charge on any atom is 0.241 e. The van der Waals surface area contributed by atoms with Crippen molar-refractivity contribution in [1.29, 1.82) is 0 Å². The van der Waals surface area contributed by atoms with Crippen molar-refractivity contribution in [2.75, 3.05) is 32.0 Å². The average molecular weight is 287 g/mol. The molecule has 1 atom stereocenters. The van der Waals surface area contributed by atoms with E-state index < -0.39 is 0 Å². The first kappa shape index (κ1) is 14.5. The highest BCUT2D eigenvalue weighted by Crippen LogP contribution is 2.26. The van der Waals surface area contributed by atoms with E-state index in [0.29, 0.717) is 0 Å². The Labute approximate surface area is 126 Å². The molecule has 2 N–H and O–H groups in total. The summed E-state index contributed by atoms with van der Waals surface area (Å²) in [7, 11) is 2.02. The van der Waals surface area contributed by atoms with Gasteiger partial charge in [0.15, 0.2) is 0 Å². The van der Waals surface area contributed by atoms with Crippen molar-refractivity contribution < 1.29 is 4.79 Å². The number of fused-ring (bicyclic) bond motifs is 1. The summed E-state index contributed by atoms with van der Waals surface area (Å²) in [5.74, 6) is 0.935. The molecular formula is C17H25N3O. The van der Waals surface area contributed by atoms with E-state index in [2.05, 4.69) is 27.7 Å². The zero-order valence-electron chi connectivity index (χ0n) is 12.8. The van der Waals surface area contributed by atoms with E-state index >= 15 is 0 Å². The number of carbonyl (C=O) groups is 1. The number of para-hydroxylation sites is 1. The van der Waals surface area contributed by atoms with Gasteiger partial charge < -0.3 is 10.6 Å². The molecule has 1 fully saturated rings. The smallest absolute Gasteiger partial charge is 0.241 e. The van der Waals surface area contributed by atoms with Gasteiger partial charge in [-0.1, -0.05) is 18.2 Å². The molecule has 1 aromatic carbocycles. The summed E-state index contributed by atoms with van der Waals surface area (Å²) in [5.41, 5.74) is 2.26. The number of rotatable bonds is 3. The second-order valence-corrected chi connectivity index (χ2v) is 6.24. The number of benzene rings is 1. The molecule has 0 saturated carbocycles. The van der Waals surface area contributed by atoms with Gasteiger partial charge in [-0.3, -0.25) is 9.69 Å². The molecule has 4 heteroatoms. The van der Waals surface area contributed by atoms with Crippen molar-refractivity contribution in [2.24, 2.45) is 5.92 Å². The lowest BCUT2D eigenvalue weighted by atomic mass is 9.94. The van der Waals surface area contributed by atoms with Crippen LogP contribution in [0.2, 0.25) is 0 Å². The van der Waals surface area contributed by atoms with Crippen molar-refractivity contribution in [1.82, 2.24) is 10.2 Å². The van der Waals surface area contributed by atoms with Gasteiger partial charge in [-0.05, 0) is 69.9 Å². The maximum atomic E-state index is 12.5. The molecule has 2 aliphatic rings. The van der Waals surface area contributed by atoms with E-state index in [9.17, 15) is 4.79 Å². The fraction of sp³-hybridized carbons (Fsp3) is 0.588. The first-order valence-electron chi connectivity index (χ1n) is 8.05. The van der Waals surface area contributed by atoms with Crippen molar-refractivity contribution in [3.8, 4) is 0 Å². The largest absolute Gasteiger partial charge is 0.324 e. The Morgan fingerprint density at radius 1 is 1.24 bits per heavy atom. The zero-order valence-corrected chi connectivity index (χ0v) is 12.8. The van der Waals surface area contributed by atoms with Crippen molar-refractivity contribution in [2.45, 2.75) is 31.7 Å². The van der Waals surface area contributed by atoms with Crippen LogP contribution in [0.3, 0.4) is 0 Å². The maximum absolute atomic E-state index is 12.5. The van der Waals surface area contributed by atoms with Crippen LogP contribution in [0.15, 0.2) is 24.3 Å². The van der Waals surface area contributed by atoms with Gasteiger partial charge in [-0.25, -0.2) is 0 Å². The van der Waals surface area contributed by atoms with Gasteiger partial charge >= 0.3 is 0 Å². The summed E-state index contributed by atoms with van der Waals surface area (Å²) in [6, 6.07) is 8.20. The van der Waals surface area contributed by atoms with Crippen LogP contribution in [-0.2, 0) is 11.2 Å². The number of nitrogens with zero attached hydrogens (tertiary/aromatic N) is 1. The number of carbonyl (C=O) groups excluding carboxylic acids is 1. The molecular weight excluding hydrogens is 262 g/mol. The number of aryl methyl sites for hydroxylation is 1. The fourth-order valence-electron chi connectivity index (χ4n) is 3.61. The predicted octanol–water partition coefficient (Wildman–Crippen LogP) is 1.87. The lowest BCUT2D eigenvalue weighted by molar-refractivity contribution is -0.122.